The van der Waals surface area contributed by atoms with Gasteiger partial charge in [-0.15, -0.1) is 0 Å². The first-order chi connectivity index (χ1) is 8.33. The molecule has 1 aromatic rings. The van der Waals surface area contributed by atoms with E-state index in [1.807, 2.05) is 0 Å². The molecule has 0 aromatic carbocycles. The van der Waals surface area contributed by atoms with Crippen LogP contribution in [0.15, 0.2) is 12.4 Å². The number of nitrogens with two attached hydrogens (primary N) is 1. The predicted octanol–water partition coefficient (Wildman–Crippen LogP) is 1.38. The Morgan fingerprint density at radius 2 is 2.06 bits per heavy atom. The van der Waals surface area contributed by atoms with Gasteiger partial charge in [-0.3, -0.25) is 0 Å². The first kappa shape index (κ1) is 12.1. The molecule has 5 heteroatoms. The highest BCUT2D eigenvalue weighted by Crippen LogP contribution is 2.27. The average Bonchev–Trinajstić information content (AvgIpc) is 2.39. The topological polar surface area (TPSA) is 70.3 Å². The van der Waals surface area contributed by atoms with Gasteiger partial charge in [-0.2, -0.15) is 0 Å². The molecule has 0 spiro atoms. The standard InChI is InChI=1S/C12H19N3O2/c1-16-11-6-12(15-8-14-11)17-10-5-3-2-4-9(10)7-13/h6,8-10H,2-5,7,13H2,1H3. The van der Waals surface area contributed by atoms with E-state index in [1.54, 1.807) is 13.2 Å². The zero-order chi connectivity index (χ0) is 12.1. The van der Waals surface area contributed by atoms with Crippen molar-refractivity contribution in [3.8, 4) is 11.8 Å². The molecule has 1 aromatic heterocycles. The van der Waals surface area contributed by atoms with Crippen LogP contribution < -0.4 is 15.2 Å². The molecule has 1 aliphatic carbocycles. The van der Waals surface area contributed by atoms with Crippen molar-refractivity contribution in [3.63, 3.8) is 0 Å². The number of hydrogen-bond acceptors (Lipinski definition) is 5. The van der Waals surface area contributed by atoms with Crippen molar-refractivity contribution < 1.29 is 9.47 Å². The van der Waals surface area contributed by atoms with Crippen molar-refractivity contribution in [1.82, 2.24) is 9.97 Å². The van der Waals surface area contributed by atoms with Crippen LogP contribution >= 0.6 is 0 Å². The van der Waals surface area contributed by atoms with Crippen molar-refractivity contribution in [2.45, 2.75) is 31.8 Å². The molecule has 1 saturated carbocycles. The van der Waals surface area contributed by atoms with Crippen LogP contribution in [0.1, 0.15) is 25.7 Å². The van der Waals surface area contributed by atoms with Crippen LogP contribution in [0.4, 0.5) is 0 Å². The second-order valence-corrected chi connectivity index (χ2v) is 4.34. The van der Waals surface area contributed by atoms with E-state index in [0.29, 0.717) is 24.2 Å². The van der Waals surface area contributed by atoms with Crippen LogP contribution in [0.25, 0.3) is 0 Å². The fraction of sp³-hybridized carbons (Fsp3) is 0.667. The summed E-state index contributed by atoms with van der Waals surface area (Å²) in [5.74, 6) is 1.53. The zero-order valence-corrected chi connectivity index (χ0v) is 10.1. The third-order valence-corrected chi connectivity index (χ3v) is 3.24. The van der Waals surface area contributed by atoms with Gasteiger partial charge in [-0.1, -0.05) is 6.42 Å². The van der Waals surface area contributed by atoms with E-state index >= 15 is 0 Å². The van der Waals surface area contributed by atoms with Crippen LogP contribution in [0.5, 0.6) is 11.8 Å². The molecule has 2 atom stereocenters. The smallest absolute Gasteiger partial charge is 0.220 e. The molecular weight excluding hydrogens is 218 g/mol. The van der Waals surface area contributed by atoms with Crippen molar-refractivity contribution in [2.75, 3.05) is 13.7 Å². The Kier molecular flexibility index (Phi) is 4.14. The Morgan fingerprint density at radius 1 is 1.29 bits per heavy atom. The first-order valence-electron chi connectivity index (χ1n) is 6.06. The van der Waals surface area contributed by atoms with Gasteiger partial charge in [0.15, 0.2) is 0 Å². The summed E-state index contributed by atoms with van der Waals surface area (Å²) in [5.41, 5.74) is 5.77. The molecule has 0 amide bonds. The van der Waals surface area contributed by atoms with Gasteiger partial charge in [0.1, 0.15) is 12.4 Å². The summed E-state index contributed by atoms with van der Waals surface area (Å²) in [5, 5.41) is 0. The van der Waals surface area contributed by atoms with Crippen LogP contribution in [0.3, 0.4) is 0 Å². The van der Waals surface area contributed by atoms with Gasteiger partial charge in [-0.05, 0) is 25.8 Å². The molecule has 1 fully saturated rings. The van der Waals surface area contributed by atoms with E-state index in [9.17, 15) is 0 Å². The number of hydrogen-bond donors (Lipinski definition) is 1. The van der Waals surface area contributed by atoms with Gasteiger partial charge in [0.2, 0.25) is 11.8 Å². The number of nitrogens with zero attached hydrogens (tertiary/aromatic N) is 2. The van der Waals surface area contributed by atoms with Crippen LogP contribution in [0, 0.1) is 5.92 Å². The van der Waals surface area contributed by atoms with Gasteiger partial charge in [-0.25, -0.2) is 9.97 Å². The molecule has 0 aliphatic heterocycles. The SMILES string of the molecule is COc1cc(OC2CCCCC2CN)ncn1. The summed E-state index contributed by atoms with van der Waals surface area (Å²) < 4.78 is 10.9. The summed E-state index contributed by atoms with van der Waals surface area (Å²) in [6, 6.07) is 1.71. The van der Waals surface area contributed by atoms with E-state index in [0.717, 1.165) is 12.8 Å². The molecule has 5 nitrogen and oxygen atoms in total. The molecule has 1 aliphatic rings. The number of ether oxygens (including phenoxy) is 2. The summed E-state index contributed by atoms with van der Waals surface area (Å²) in [4.78, 5) is 8.05. The van der Waals surface area contributed by atoms with Gasteiger partial charge in [0.05, 0.1) is 13.2 Å². The Bertz CT molecular complexity index is 359. The monoisotopic (exact) mass is 237 g/mol. The lowest BCUT2D eigenvalue weighted by molar-refractivity contribution is 0.0917. The minimum absolute atomic E-state index is 0.174. The third kappa shape index (κ3) is 3.06. The second kappa shape index (κ2) is 5.82. The number of aromatic nitrogens is 2. The van der Waals surface area contributed by atoms with Crippen molar-refractivity contribution in [3.05, 3.63) is 12.4 Å². The Balaban J connectivity index is 2.02. The molecule has 0 saturated heterocycles. The number of methoxy groups -OCH3 is 1. The molecule has 17 heavy (non-hydrogen) atoms. The average molecular weight is 237 g/mol. The Hall–Kier alpha value is -1.36. The maximum Gasteiger partial charge on any atom is 0.220 e. The highest BCUT2D eigenvalue weighted by Gasteiger charge is 2.26. The molecular formula is C12H19N3O2. The molecule has 0 bridgehead atoms. The minimum Gasteiger partial charge on any atom is -0.481 e. The van der Waals surface area contributed by atoms with E-state index in [1.165, 1.54) is 19.2 Å². The van der Waals surface area contributed by atoms with Crippen molar-refractivity contribution in [1.29, 1.82) is 0 Å². The fourth-order valence-corrected chi connectivity index (χ4v) is 2.25. The molecule has 2 unspecified atom stereocenters. The summed E-state index contributed by atoms with van der Waals surface area (Å²) in [6.45, 7) is 0.673. The summed E-state index contributed by atoms with van der Waals surface area (Å²) in [6.07, 6.45) is 6.26. The van der Waals surface area contributed by atoms with E-state index < -0.39 is 0 Å². The minimum atomic E-state index is 0.174. The quantitative estimate of drug-likeness (QED) is 0.856. The van der Waals surface area contributed by atoms with Crippen LogP contribution in [-0.4, -0.2) is 29.7 Å². The highest BCUT2D eigenvalue weighted by atomic mass is 16.5. The Morgan fingerprint density at radius 3 is 2.82 bits per heavy atom. The lowest BCUT2D eigenvalue weighted by atomic mass is 9.86. The predicted molar refractivity (Wildman–Crippen MR) is 64.0 cm³/mol. The van der Waals surface area contributed by atoms with Gasteiger partial charge >= 0.3 is 0 Å². The largest absolute Gasteiger partial charge is 0.481 e. The lowest BCUT2D eigenvalue weighted by Gasteiger charge is -2.30. The summed E-state index contributed by atoms with van der Waals surface area (Å²) in [7, 11) is 1.58. The molecule has 0 radical (unpaired) electrons. The van der Waals surface area contributed by atoms with Crippen LogP contribution in [0.2, 0.25) is 0 Å². The normalized spacial score (nSPS) is 24.4. The van der Waals surface area contributed by atoms with Crippen molar-refractivity contribution in [2.24, 2.45) is 11.7 Å². The Labute approximate surface area is 101 Å². The molecule has 2 N–H and O–H groups in total. The van der Waals surface area contributed by atoms with Gasteiger partial charge in [0.25, 0.3) is 0 Å². The van der Waals surface area contributed by atoms with Crippen molar-refractivity contribution >= 4 is 0 Å². The van der Waals surface area contributed by atoms with Gasteiger partial charge < -0.3 is 15.2 Å². The lowest BCUT2D eigenvalue weighted by Crippen LogP contribution is -2.35. The molecule has 2 rings (SSSR count). The first-order valence-corrected chi connectivity index (χ1v) is 6.06. The van der Waals surface area contributed by atoms with Gasteiger partial charge in [0, 0.05) is 5.92 Å². The summed E-state index contributed by atoms with van der Waals surface area (Å²) >= 11 is 0. The van der Waals surface area contributed by atoms with E-state index in [2.05, 4.69) is 9.97 Å². The van der Waals surface area contributed by atoms with E-state index in [-0.39, 0.29) is 6.10 Å². The second-order valence-electron chi connectivity index (χ2n) is 4.34. The number of rotatable bonds is 4. The maximum absolute atomic E-state index is 5.89. The fourth-order valence-electron chi connectivity index (χ4n) is 2.25. The zero-order valence-electron chi connectivity index (χ0n) is 10.1. The highest BCUT2D eigenvalue weighted by molar-refractivity contribution is 5.18. The van der Waals surface area contributed by atoms with Crippen LogP contribution in [-0.2, 0) is 0 Å². The molecule has 1 heterocycles. The van der Waals surface area contributed by atoms with E-state index in [4.69, 9.17) is 15.2 Å². The molecule has 94 valence electrons. The third-order valence-electron chi connectivity index (χ3n) is 3.24. The maximum atomic E-state index is 5.89.